The van der Waals surface area contributed by atoms with Gasteiger partial charge in [0.05, 0.1) is 0 Å². The van der Waals surface area contributed by atoms with Crippen molar-refractivity contribution >= 4 is 28.3 Å². The maximum absolute atomic E-state index is 10.7. The summed E-state index contributed by atoms with van der Waals surface area (Å²) in [4.78, 5) is 10.7. The molecule has 0 amide bonds. The number of rotatable bonds is 3. The van der Waals surface area contributed by atoms with Crippen LogP contribution in [0.4, 0.5) is 0 Å². The van der Waals surface area contributed by atoms with Crippen LogP contribution < -0.4 is 5.73 Å². The number of aliphatic carboxylic acids is 1. The van der Waals surface area contributed by atoms with Gasteiger partial charge in [-0.05, 0) is 34.9 Å². The van der Waals surface area contributed by atoms with Gasteiger partial charge in [-0.3, -0.25) is 4.79 Å². The number of carbonyl (C=O) groups is 1. The lowest BCUT2D eigenvalue weighted by Gasteiger charge is -2.07. The molecule has 2 rings (SSSR count). The van der Waals surface area contributed by atoms with Crippen molar-refractivity contribution in [2.45, 2.75) is 12.5 Å². The molecule has 0 aliphatic rings. The summed E-state index contributed by atoms with van der Waals surface area (Å²) in [5.41, 5.74) is 6.41. The van der Waals surface area contributed by atoms with Crippen molar-refractivity contribution in [1.82, 2.24) is 0 Å². The molecule has 0 aliphatic heterocycles. The van der Waals surface area contributed by atoms with Gasteiger partial charge in [-0.25, -0.2) is 0 Å². The molecule has 0 heterocycles. The molecule has 2 aromatic rings. The maximum Gasteiger partial charge on any atom is 0.320 e. The minimum Gasteiger partial charge on any atom is -0.480 e. The van der Waals surface area contributed by atoms with Crippen LogP contribution in [0.15, 0.2) is 36.4 Å². The summed E-state index contributed by atoms with van der Waals surface area (Å²) in [7, 11) is 0. The molecule has 3 N–H and O–H groups in total. The van der Waals surface area contributed by atoms with E-state index < -0.39 is 12.0 Å². The molecule has 2 aromatic carbocycles. The highest BCUT2D eigenvalue weighted by atomic mass is 35.5. The molecule has 0 bridgehead atoms. The Kier molecular flexibility index (Phi) is 3.31. The highest BCUT2D eigenvalue weighted by Gasteiger charge is 2.12. The molecule has 3 nitrogen and oxygen atoms in total. The fourth-order valence-corrected chi connectivity index (χ4v) is 1.91. The highest BCUT2D eigenvalue weighted by molar-refractivity contribution is 6.31. The lowest BCUT2D eigenvalue weighted by molar-refractivity contribution is -0.138. The van der Waals surface area contributed by atoms with Crippen molar-refractivity contribution < 1.29 is 9.90 Å². The standard InChI is InChI=1S/C13H12ClNO2/c14-11-4-3-9-5-8(1-2-10(9)7-11)6-12(15)13(16)17/h1-5,7,12H,6,15H2,(H,16,17)/t12-/m0/s1. The van der Waals surface area contributed by atoms with Gasteiger partial charge in [0.15, 0.2) is 0 Å². The summed E-state index contributed by atoms with van der Waals surface area (Å²) in [6.45, 7) is 0. The Morgan fingerprint density at radius 1 is 1.24 bits per heavy atom. The third-order valence-electron chi connectivity index (χ3n) is 2.64. The van der Waals surface area contributed by atoms with Crippen molar-refractivity contribution in [1.29, 1.82) is 0 Å². The molecule has 0 radical (unpaired) electrons. The average molecular weight is 250 g/mol. The van der Waals surface area contributed by atoms with Gasteiger partial charge in [0.1, 0.15) is 6.04 Å². The van der Waals surface area contributed by atoms with Gasteiger partial charge < -0.3 is 10.8 Å². The zero-order valence-corrected chi connectivity index (χ0v) is 9.82. The van der Waals surface area contributed by atoms with Crippen LogP contribution in [0.2, 0.25) is 5.02 Å². The topological polar surface area (TPSA) is 63.3 Å². The van der Waals surface area contributed by atoms with E-state index in [2.05, 4.69) is 0 Å². The Balaban J connectivity index is 2.32. The number of nitrogens with two attached hydrogens (primary N) is 1. The number of hydrogen-bond acceptors (Lipinski definition) is 2. The van der Waals surface area contributed by atoms with E-state index >= 15 is 0 Å². The summed E-state index contributed by atoms with van der Waals surface area (Å²) in [6, 6.07) is 10.5. The van der Waals surface area contributed by atoms with Crippen LogP contribution in [0.3, 0.4) is 0 Å². The van der Waals surface area contributed by atoms with E-state index in [1.54, 1.807) is 0 Å². The Hall–Kier alpha value is -1.58. The zero-order chi connectivity index (χ0) is 12.4. The molecule has 0 fully saturated rings. The van der Waals surface area contributed by atoms with Crippen molar-refractivity contribution in [3.63, 3.8) is 0 Å². The van der Waals surface area contributed by atoms with Crippen LogP contribution in [-0.4, -0.2) is 17.1 Å². The van der Waals surface area contributed by atoms with Crippen LogP contribution >= 0.6 is 11.6 Å². The van der Waals surface area contributed by atoms with E-state index in [9.17, 15) is 4.79 Å². The molecule has 0 aliphatic carbocycles. The predicted octanol–water partition coefficient (Wildman–Crippen LogP) is 2.45. The zero-order valence-electron chi connectivity index (χ0n) is 9.06. The molecular weight excluding hydrogens is 238 g/mol. The average Bonchev–Trinajstić information content (AvgIpc) is 2.29. The minimum atomic E-state index is -0.985. The molecule has 4 heteroatoms. The Labute approximate surface area is 104 Å². The lowest BCUT2D eigenvalue weighted by atomic mass is 10.0. The van der Waals surface area contributed by atoms with E-state index in [1.165, 1.54) is 0 Å². The summed E-state index contributed by atoms with van der Waals surface area (Å²) in [6.07, 6.45) is 0.327. The molecule has 0 aromatic heterocycles. The molecule has 0 unspecified atom stereocenters. The highest BCUT2D eigenvalue weighted by Crippen LogP contribution is 2.21. The molecule has 0 saturated carbocycles. The van der Waals surface area contributed by atoms with Crippen LogP contribution in [0, 0.1) is 0 Å². The normalized spacial score (nSPS) is 12.6. The smallest absolute Gasteiger partial charge is 0.320 e. The second-order valence-electron chi connectivity index (χ2n) is 3.97. The van der Waals surface area contributed by atoms with Crippen molar-refractivity contribution in [2.24, 2.45) is 5.73 Å². The first kappa shape index (κ1) is 11.9. The first-order chi connectivity index (χ1) is 8.06. The Bertz CT molecular complexity index is 568. The summed E-state index contributed by atoms with van der Waals surface area (Å²) < 4.78 is 0. The van der Waals surface area contributed by atoms with Crippen molar-refractivity contribution in [3.8, 4) is 0 Å². The van der Waals surface area contributed by atoms with Crippen LogP contribution in [0.5, 0.6) is 0 Å². The van der Waals surface area contributed by atoms with Gasteiger partial charge in [-0.15, -0.1) is 0 Å². The molecule has 17 heavy (non-hydrogen) atoms. The SMILES string of the molecule is N[C@@H](Cc1ccc2cc(Cl)ccc2c1)C(=O)O. The fraction of sp³-hybridized carbons (Fsp3) is 0.154. The first-order valence-corrected chi connectivity index (χ1v) is 5.60. The van der Waals surface area contributed by atoms with Gasteiger partial charge in [0, 0.05) is 5.02 Å². The number of fused-ring (bicyclic) bond motifs is 1. The Morgan fingerprint density at radius 3 is 2.59 bits per heavy atom. The number of halogens is 1. The van der Waals surface area contributed by atoms with Gasteiger partial charge in [0.25, 0.3) is 0 Å². The van der Waals surface area contributed by atoms with E-state index in [1.807, 2.05) is 36.4 Å². The largest absolute Gasteiger partial charge is 0.480 e. The third-order valence-corrected chi connectivity index (χ3v) is 2.87. The second kappa shape index (κ2) is 4.73. The first-order valence-electron chi connectivity index (χ1n) is 5.23. The van der Waals surface area contributed by atoms with Gasteiger partial charge in [-0.2, -0.15) is 0 Å². The summed E-state index contributed by atoms with van der Waals surface area (Å²) in [5.74, 6) is -0.985. The molecule has 0 saturated heterocycles. The monoisotopic (exact) mass is 249 g/mol. The van der Waals surface area contributed by atoms with Crippen molar-refractivity contribution in [3.05, 3.63) is 47.0 Å². The predicted molar refractivity (Wildman–Crippen MR) is 68.3 cm³/mol. The van der Waals surface area contributed by atoms with Gasteiger partial charge in [0.2, 0.25) is 0 Å². The molecular formula is C13H12ClNO2. The number of benzene rings is 2. The van der Waals surface area contributed by atoms with E-state index in [0.717, 1.165) is 16.3 Å². The summed E-state index contributed by atoms with van der Waals surface area (Å²) in [5, 5.41) is 11.5. The fourth-order valence-electron chi connectivity index (χ4n) is 1.73. The number of hydrogen-bond donors (Lipinski definition) is 2. The van der Waals surface area contributed by atoms with Crippen LogP contribution in [-0.2, 0) is 11.2 Å². The summed E-state index contributed by atoms with van der Waals surface area (Å²) >= 11 is 5.89. The maximum atomic E-state index is 10.7. The number of carboxylic acid groups (broad SMARTS) is 1. The van der Waals surface area contributed by atoms with Crippen molar-refractivity contribution in [2.75, 3.05) is 0 Å². The van der Waals surface area contributed by atoms with E-state index in [-0.39, 0.29) is 0 Å². The molecule has 88 valence electrons. The lowest BCUT2D eigenvalue weighted by Crippen LogP contribution is -2.32. The third kappa shape index (κ3) is 2.75. The molecule has 1 atom stereocenters. The van der Waals surface area contributed by atoms with Crippen LogP contribution in [0.25, 0.3) is 10.8 Å². The molecule has 0 spiro atoms. The Morgan fingerprint density at radius 2 is 1.88 bits per heavy atom. The van der Waals surface area contributed by atoms with E-state index in [4.69, 9.17) is 22.4 Å². The van der Waals surface area contributed by atoms with Crippen LogP contribution in [0.1, 0.15) is 5.56 Å². The van der Waals surface area contributed by atoms with Gasteiger partial charge in [-0.1, -0.05) is 35.9 Å². The number of carboxylic acids is 1. The van der Waals surface area contributed by atoms with E-state index in [0.29, 0.717) is 11.4 Å². The van der Waals surface area contributed by atoms with Gasteiger partial charge >= 0.3 is 5.97 Å². The quantitative estimate of drug-likeness (QED) is 0.878. The second-order valence-corrected chi connectivity index (χ2v) is 4.41. The minimum absolute atomic E-state index is 0.327.